The molecule has 2 aromatic rings. The van der Waals surface area contributed by atoms with Gasteiger partial charge in [0.25, 0.3) is 0 Å². The second kappa shape index (κ2) is 8.62. The van der Waals surface area contributed by atoms with Gasteiger partial charge in [-0.2, -0.15) is 0 Å². The van der Waals surface area contributed by atoms with E-state index >= 15 is 0 Å². The Bertz CT molecular complexity index is 728. The molecule has 0 radical (unpaired) electrons. The molecule has 1 saturated heterocycles. The van der Waals surface area contributed by atoms with Crippen LogP contribution in [0.1, 0.15) is 12.5 Å². The second-order valence-electron chi connectivity index (χ2n) is 6.61. The molecule has 6 heteroatoms. The summed E-state index contributed by atoms with van der Waals surface area (Å²) in [5.74, 6) is -0.379. The maximum atomic E-state index is 13.0. The van der Waals surface area contributed by atoms with E-state index in [9.17, 15) is 9.18 Å². The molecule has 1 N–H and O–H groups in total. The SMILES string of the molecule is CC(C(=O)Nc1ccc(F)cc1)N1CCN(Cc2ccc(Cl)cc2)CC1. The molecule has 1 fully saturated rings. The average molecular weight is 376 g/mol. The first-order chi connectivity index (χ1) is 12.5. The summed E-state index contributed by atoms with van der Waals surface area (Å²) in [6, 6.07) is 13.5. The Morgan fingerprint density at radius 3 is 2.31 bits per heavy atom. The zero-order valence-corrected chi connectivity index (χ0v) is 15.5. The number of carbonyl (C=O) groups is 1. The van der Waals surface area contributed by atoms with Gasteiger partial charge in [0.15, 0.2) is 0 Å². The van der Waals surface area contributed by atoms with Crippen molar-refractivity contribution in [1.29, 1.82) is 0 Å². The van der Waals surface area contributed by atoms with Crippen LogP contribution in [0.2, 0.25) is 5.02 Å². The summed E-state index contributed by atoms with van der Waals surface area (Å²) in [7, 11) is 0. The van der Waals surface area contributed by atoms with Crippen molar-refractivity contribution in [2.75, 3.05) is 31.5 Å². The van der Waals surface area contributed by atoms with Crippen molar-refractivity contribution >= 4 is 23.2 Å². The summed E-state index contributed by atoms with van der Waals surface area (Å²) in [5.41, 5.74) is 1.86. The maximum absolute atomic E-state index is 13.0. The molecule has 1 aliphatic heterocycles. The molecule has 1 heterocycles. The molecule has 1 atom stereocenters. The Kier molecular flexibility index (Phi) is 6.25. The van der Waals surface area contributed by atoms with E-state index in [-0.39, 0.29) is 17.8 Å². The highest BCUT2D eigenvalue weighted by molar-refractivity contribution is 6.30. The lowest BCUT2D eigenvalue weighted by Crippen LogP contribution is -2.52. The molecular formula is C20H23ClFN3O. The standard InChI is InChI=1S/C20H23ClFN3O/c1-15(20(26)23-19-8-6-18(22)7-9-19)25-12-10-24(11-13-25)14-16-2-4-17(21)5-3-16/h2-9,15H,10-14H2,1H3,(H,23,26). The van der Waals surface area contributed by atoms with Crippen molar-refractivity contribution in [1.82, 2.24) is 9.80 Å². The zero-order chi connectivity index (χ0) is 18.5. The summed E-state index contributed by atoms with van der Waals surface area (Å²) in [6.07, 6.45) is 0. The van der Waals surface area contributed by atoms with E-state index in [1.807, 2.05) is 31.2 Å². The van der Waals surface area contributed by atoms with Crippen LogP contribution in [0.3, 0.4) is 0 Å². The zero-order valence-electron chi connectivity index (χ0n) is 14.8. The Morgan fingerprint density at radius 1 is 1.08 bits per heavy atom. The van der Waals surface area contributed by atoms with Gasteiger partial charge in [0.05, 0.1) is 6.04 Å². The van der Waals surface area contributed by atoms with Gasteiger partial charge in [-0.15, -0.1) is 0 Å². The van der Waals surface area contributed by atoms with Gasteiger partial charge in [-0.05, 0) is 48.9 Å². The van der Waals surface area contributed by atoms with Crippen LogP contribution in [0, 0.1) is 5.82 Å². The molecule has 3 rings (SSSR count). The van der Waals surface area contributed by atoms with Crippen molar-refractivity contribution in [2.45, 2.75) is 19.5 Å². The van der Waals surface area contributed by atoms with Gasteiger partial charge in [-0.25, -0.2) is 4.39 Å². The third-order valence-electron chi connectivity index (χ3n) is 4.77. The van der Waals surface area contributed by atoms with Gasteiger partial charge in [-0.3, -0.25) is 14.6 Å². The molecular weight excluding hydrogens is 353 g/mol. The summed E-state index contributed by atoms with van der Waals surface area (Å²) >= 11 is 5.93. The van der Waals surface area contributed by atoms with Crippen molar-refractivity contribution in [2.24, 2.45) is 0 Å². The fourth-order valence-corrected chi connectivity index (χ4v) is 3.23. The van der Waals surface area contributed by atoms with E-state index in [1.165, 1.54) is 17.7 Å². The maximum Gasteiger partial charge on any atom is 0.241 e. The number of amides is 1. The predicted molar refractivity (Wildman–Crippen MR) is 103 cm³/mol. The van der Waals surface area contributed by atoms with Crippen molar-refractivity contribution in [3.8, 4) is 0 Å². The normalized spacial score (nSPS) is 17.0. The molecule has 26 heavy (non-hydrogen) atoms. The number of benzene rings is 2. The van der Waals surface area contributed by atoms with Crippen LogP contribution in [0.4, 0.5) is 10.1 Å². The highest BCUT2D eigenvalue weighted by atomic mass is 35.5. The minimum absolute atomic E-state index is 0.0669. The fourth-order valence-electron chi connectivity index (χ4n) is 3.10. The quantitative estimate of drug-likeness (QED) is 0.866. The third kappa shape index (κ3) is 5.04. The number of carbonyl (C=O) groups excluding carboxylic acids is 1. The molecule has 0 aromatic heterocycles. The van der Waals surface area contributed by atoms with E-state index in [0.29, 0.717) is 5.69 Å². The number of hydrogen-bond donors (Lipinski definition) is 1. The number of halogens is 2. The first-order valence-corrected chi connectivity index (χ1v) is 9.16. The molecule has 1 amide bonds. The predicted octanol–water partition coefficient (Wildman–Crippen LogP) is 3.62. The minimum atomic E-state index is -0.312. The summed E-state index contributed by atoms with van der Waals surface area (Å²) in [4.78, 5) is 17.0. The topological polar surface area (TPSA) is 35.6 Å². The van der Waals surface area contributed by atoms with Gasteiger partial charge in [-0.1, -0.05) is 23.7 Å². The molecule has 138 valence electrons. The smallest absolute Gasteiger partial charge is 0.241 e. The van der Waals surface area contributed by atoms with E-state index in [1.54, 1.807) is 12.1 Å². The van der Waals surface area contributed by atoms with Crippen molar-refractivity contribution < 1.29 is 9.18 Å². The Morgan fingerprint density at radius 2 is 1.69 bits per heavy atom. The van der Waals surface area contributed by atoms with E-state index in [0.717, 1.165) is 37.7 Å². The van der Waals surface area contributed by atoms with Crippen LogP contribution in [-0.4, -0.2) is 47.9 Å². The molecule has 2 aromatic carbocycles. The molecule has 0 bridgehead atoms. The second-order valence-corrected chi connectivity index (χ2v) is 7.05. The first kappa shape index (κ1) is 18.8. The average Bonchev–Trinajstić information content (AvgIpc) is 2.65. The highest BCUT2D eigenvalue weighted by Crippen LogP contribution is 2.15. The van der Waals surface area contributed by atoms with Crippen molar-refractivity contribution in [3.05, 3.63) is 64.9 Å². The van der Waals surface area contributed by atoms with E-state index in [2.05, 4.69) is 15.1 Å². The lowest BCUT2D eigenvalue weighted by molar-refractivity contribution is -0.121. The number of hydrogen-bond acceptors (Lipinski definition) is 3. The third-order valence-corrected chi connectivity index (χ3v) is 5.02. The number of rotatable bonds is 5. The molecule has 1 aliphatic rings. The van der Waals surface area contributed by atoms with Crippen molar-refractivity contribution in [3.63, 3.8) is 0 Å². The van der Waals surface area contributed by atoms with E-state index < -0.39 is 0 Å². The Hall–Kier alpha value is -1.95. The molecule has 0 aliphatic carbocycles. The molecule has 0 spiro atoms. The van der Waals surface area contributed by atoms with Gasteiger partial charge in [0, 0.05) is 43.4 Å². The minimum Gasteiger partial charge on any atom is -0.325 e. The van der Waals surface area contributed by atoms with Crippen LogP contribution < -0.4 is 5.32 Å². The first-order valence-electron chi connectivity index (χ1n) is 8.78. The lowest BCUT2D eigenvalue weighted by Gasteiger charge is -2.37. The van der Waals surface area contributed by atoms with Gasteiger partial charge in [0.1, 0.15) is 5.82 Å². The van der Waals surface area contributed by atoms with E-state index in [4.69, 9.17) is 11.6 Å². The Labute approximate surface area is 158 Å². The van der Waals surface area contributed by atoms with Crippen LogP contribution in [-0.2, 0) is 11.3 Å². The summed E-state index contributed by atoms with van der Waals surface area (Å²) in [5, 5.41) is 3.60. The molecule has 4 nitrogen and oxygen atoms in total. The van der Waals surface area contributed by atoms with Crippen LogP contribution in [0.5, 0.6) is 0 Å². The summed E-state index contributed by atoms with van der Waals surface area (Å²) in [6.45, 7) is 6.31. The summed E-state index contributed by atoms with van der Waals surface area (Å²) < 4.78 is 13.0. The largest absolute Gasteiger partial charge is 0.325 e. The number of piperazine rings is 1. The van der Waals surface area contributed by atoms with Gasteiger partial charge >= 0.3 is 0 Å². The molecule has 1 unspecified atom stereocenters. The van der Waals surface area contributed by atoms with Crippen LogP contribution >= 0.6 is 11.6 Å². The van der Waals surface area contributed by atoms with Crippen LogP contribution in [0.25, 0.3) is 0 Å². The van der Waals surface area contributed by atoms with Gasteiger partial charge < -0.3 is 5.32 Å². The Balaban J connectivity index is 1.48. The number of anilines is 1. The highest BCUT2D eigenvalue weighted by Gasteiger charge is 2.25. The fraction of sp³-hybridized carbons (Fsp3) is 0.350. The monoisotopic (exact) mass is 375 g/mol. The molecule has 0 saturated carbocycles. The number of nitrogens with one attached hydrogen (secondary N) is 1. The van der Waals surface area contributed by atoms with Crippen LogP contribution in [0.15, 0.2) is 48.5 Å². The number of nitrogens with zero attached hydrogens (tertiary/aromatic N) is 2. The van der Waals surface area contributed by atoms with Gasteiger partial charge in [0.2, 0.25) is 5.91 Å². The lowest BCUT2D eigenvalue weighted by atomic mass is 10.1.